The van der Waals surface area contributed by atoms with E-state index in [0.717, 1.165) is 47.8 Å². The summed E-state index contributed by atoms with van der Waals surface area (Å²) in [5.74, 6) is 2.50. The van der Waals surface area contributed by atoms with Crippen LogP contribution in [0, 0.1) is 0 Å². The van der Waals surface area contributed by atoms with Crippen LogP contribution in [0.15, 0.2) is 71.3 Å². The molecule has 0 aliphatic carbocycles. The average molecular weight is 422 g/mol. The fourth-order valence-corrected chi connectivity index (χ4v) is 4.37. The molecule has 3 aromatic rings. The van der Waals surface area contributed by atoms with E-state index in [1.54, 1.807) is 20.5 Å². The highest BCUT2D eigenvalue weighted by Crippen LogP contribution is 2.38. The molecule has 0 radical (unpaired) electrons. The van der Waals surface area contributed by atoms with Gasteiger partial charge in [0.1, 0.15) is 11.5 Å². The van der Waals surface area contributed by atoms with Gasteiger partial charge in [-0.05, 0) is 43.2 Å². The minimum absolute atomic E-state index is 0.00950. The van der Waals surface area contributed by atoms with Crippen molar-refractivity contribution in [1.29, 1.82) is 0 Å². The van der Waals surface area contributed by atoms with Crippen molar-refractivity contribution in [2.75, 3.05) is 27.3 Å². The topological polar surface area (TPSA) is 68.5 Å². The lowest BCUT2D eigenvalue weighted by atomic mass is 10.0. The first-order chi connectivity index (χ1) is 15.2. The Morgan fingerprint density at radius 3 is 2.68 bits per heavy atom. The molecule has 2 heterocycles. The quantitative estimate of drug-likeness (QED) is 0.606. The number of amides is 1. The normalized spacial score (nSPS) is 16.8. The molecule has 1 saturated heterocycles. The van der Waals surface area contributed by atoms with Gasteiger partial charge in [0.05, 0.1) is 26.5 Å². The summed E-state index contributed by atoms with van der Waals surface area (Å²) in [4.78, 5) is 15.3. The number of hydrogen-bond acceptors (Lipinski definition) is 4. The van der Waals surface area contributed by atoms with Crippen molar-refractivity contribution in [3.63, 3.8) is 0 Å². The number of furan rings is 1. The molecule has 2 N–H and O–H groups in total. The standard InChI is InChI=1S/C25H28N2O4/c1-29-19-12-13-22(30-2)20(16-19)21-10-6-14-27(21)24(28)17-26-25(23-11-7-15-31-23)18-8-4-3-5-9-18/h3-5,7-9,11-13,15-16,21,25-26H,6,10,14,17H2,1-2H3/p+1/t21-,25-/m1/s1. The third-order valence-electron chi connectivity index (χ3n) is 5.91. The van der Waals surface area contributed by atoms with Gasteiger partial charge in [0.2, 0.25) is 0 Å². The molecule has 0 spiro atoms. The highest BCUT2D eigenvalue weighted by molar-refractivity contribution is 5.78. The van der Waals surface area contributed by atoms with E-state index in [2.05, 4.69) is 17.4 Å². The van der Waals surface area contributed by atoms with Crippen LogP contribution in [-0.4, -0.2) is 38.1 Å². The second-order valence-electron chi connectivity index (χ2n) is 7.70. The maximum absolute atomic E-state index is 13.3. The van der Waals surface area contributed by atoms with Gasteiger partial charge < -0.3 is 24.1 Å². The van der Waals surface area contributed by atoms with E-state index in [-0.39, 0.29) is 18.0 Å². The molecule has 1 aliphatic heterocycles. The van der Waals surface area contributed by atoms with Gasteiger partial charge in [0.25, 0.3) is 5.91 Å². The maximum atomic E-state index is 13.3. The molecule has 0 saturated carbocycles. The van der Waals surface area contributed by atoms with Crippen molar-refractivity contribution in [2.24, 2.45) is 0 Å². The second-order valence-corrected chi connectivity index (χ2v) is 7.70. The number of nitrogens with two attached hydrogens (primary N) is 1. The van der Waals surface area contributed by atoms with Crippen LogP contribution in [0.1, 0.15) is 41.8 Å². The van der Waals surface area contributed by atoms with Gasteiger partial charge >= 0.3 is 0 Å². The van der Waals surface area contributed by atoms with Crippen LogP contribution >= 0.6 is 0 Å². The molecule has 1 fully saturated rings. The zero-order chi connectivity index (χ0) is 21.6. The number of likely N-dealkylation sites (tertiary alicyclic amines) is 1. The molecule has 2 aromatic carbocycles. The van der Waals surface area contributed by atoms with Gasteiger partial charge in [-0.25, -0.2) is 0 Å². The van der Waals surface area contributed by atoms with Crippen molar-refractivity contribution in [1.82, 2.24) is 4.90 Å². The molecule has 162 valence electrons. The van der Waals surface area contributed by atoms with E-state index in [9.17, 15) is 4.79 Å². The van der Waals surface area contributed by atoms with E-state index in [0.29, 0.717) is 6.54 Å². The van der Waals surface area contributed by atoms with E-state index < -0.39 is 0 Å². The van der Waals surface area contributed by atoms with Gasteiger partial charge in [-0.2, -0.15) is 0 Å². The Morgan fingerprint density at radius 2 is 1.97 bits per heavy atom. The number of carbonyl (C=O) groups is 1. The Morgan fingerprint density at radius 1 is 1.13 bits per heavy atom. The Kier molecular flexibility index (Phi) is 6.57. The van der Waals surface area contributed by atoms with Crippen LogP contribution in [0.4, 0.5) is 0 Å². The van der Waals surface area contributed by atoms with E-state index in [1.807, 2.05) is 53.4 Å². The molecule has 1 amide bonds. The summed E-state index contributed by atoms with van der Waals surface area (Å²) < 4.78 is 16.6. The third kappa shape index (κ3) is 4.59. The zero-order valence-corrected chi connectivity index (χ0v) is 18.0. The highest BCUT2D eigenvalue weighted by Gasteiger charge is 2.33. The average Bonchev–Trinajstić information content (AvgIpc) is 3.52. The molecule has 0 bridgehead atoms. The van der Waals surface area contributed by atoms with Crippen molar-refractivity contribution in [3.8, 4) is 11.5 Å². The van der Waals surface area contributed by atoms with Crippen LogP contribution in [-0.2, 0) is 4.79 Å². The Hall–Kier alpha value is -3.25. The molecular weight excluding hydrogens is 392 g/mol. The first-order valence-electron chi connectivity index (χ1n) is 10.6. The van der Waals surface area contributed by atoms with E-state index in [4.69, 9.17) is 13.9 Å². The molecule has 31 heavy (non-hydrogen) atoms. The lowest BCUT2D eigenvalue weighted by Crippen LogP contribution is -2.87. The van der Waals surface area contributed by atoms with Gasteiger partial charge in [-0.3, -0.25) is 4.79 Å². The van der Waals surface area contributed by atoms with Gasteiger partial charge in [0, 0.05) is 17.7 Å². The second kappa shape index (κ2) is 9.71. The van der Waals surface area contributed by atoms with Crippen LogP contribution in [0.3, 0.4) is 0 Å². The molecule has 1 aromatic heterocycles. The van der Waals surface area contributed by atoms with Crippen LogP contribution in [0.25, 0.3) is 0 Å². The summed E-state index contributed by atoms with van der Waals surface area (Å²) in [5, 5.41) is 2.05. The lowest BCUT2D eigenvalue weighted by molar-refractivity contribution is -0.679. The number of quaternary nitrogens is 1. The number of hydrogen-bond donors (Lipinski definition) is 1. The fraction of sp³-hybridized carbons (Fsp3) is 0.320. The molecule has 2 atom stereocenters. The van der Waals surface area contributed by atoms with Crippen molar-refractivity contribution in [2.45, 2.75) is 24.9 Å². The molecule has 1 aliphatic rings. The summed E-state index contributed by atoms with van der Waals surface area (Å²) in [6.45, 7) is 1.08. The minimum Gasteiger partial charge on any atom is -0.497 e. The van der Waals surface area contributed by atoms with Gasteiger partial charge in [-0.15, -0.1) is 0 Å². The Labute approximate surface area is 182 Å². The first kappa shape index (κ1) is 21.0. The van der Waals surface area contributed by atoms with Crippen LogP contribution in [0.2, 0.25) is 0 Å². The highest BCUT2D eigenvalue weighted by atomic mass is 16.5. The summed E-state index contributed by atoms with van der Waals surface area (Å²) in [5.41, 5.74) is 2.11. The van der Waals surface area contributed by atoms with E-state index >= 15 is 0 Å². The summed E-state index contributed by atoms with van der Waals surface area (Å²) >= 11 is 0. The summed E-state index contributed by atoms with van der Waals surface area (Å²) in [6, 6.07) is 19.7. The Balaban J connectivity index is 1.51. The number of methoxy groups -OCH3 is 2. The SMILES string of the molecule is COc1ccc(OC)c([C@H]2CCCN2C(=O)C[NH2+][C@H](c2ccccc2)c2ccco2)c1. The van der Waals surface area contributed by atoms with Gasteiger partial charge in [-0.1, -0.05) is 30.3 Å². The number of benzene rings is 2. The number of carbonyl (C=O) groups excluding carboxylic acids is 1. The summed E-state index contributed by atoms with van der Waals surface area (Å²) in [7, 11) is 3.31. The van der Waals surface area contributed by atoms with Gasteiger partial charge in [0.15, 0.2) is 18.3 Å². The monoisotopic (exact) mass is 421 g/mol. The van der Waals surface area contributed by atoms with Crippen molar-refractivity contribution >= 4 is 5.91 Å². The maximum Gasteiger partial charge on any atom is 0.278 e. The van der Waals surface area contributed by atoms with Crippen molar-refractivity contribution in [3.05, 3.63) is 83.8 Å². The number of rotatable bonds is 8. The molecular formula is C25H29N2O4+. The molecule has 6 nitrogen and oxygen atoms in total. The zero-order valence-electron chi connectivity index (χ0n) is 18.0. The minimum atomic E-state index is -0.0624. The smallest absolute Gasteiger partial charge is 0.278 e. The number of ether oxygens (including phenoxy) is 2. The lowest BCUT2D eigenvalue weighted by Gasteiger charge is -2.26. The van der Waals surface area contributed by atoms with Crippen LogP contribution in [0.5, 0.6) is 11.5 Å². The molecule has 4 rings (SSSR count). The predicted octanol–water partition coefficient (Wildman–Crippen LogP) is 3.31. The summed E-state index contributed by atoms with van der Waals surface area (Å²) in [6.07, 6.45) is 3.55. The van der Waals surface area contributed by atoms with E-state index in [1.165, 1.54) is 0 Å². The fourth-order valence-electron chi connectivity index (χ4n) is 4.37. The van der Waals surface area contributed by atoms with Crippen LogP contribution < -0.4 is 14.8 Å². The number of nitrogens with zero attached hydrogens (tertiary/aromatic N) is 1. The molecule has 6 heteroatoms. The third-order valence-corrected chi connectivity index (χ3v) is 5.91. The Bertz CT molecular complexity index is 988. The largest absolute Gasteiger partial charge is 0.497 e. The first-order valence-corrected chi connectivity index (χ1v) is 10.6. The van der Waals surface area contributed by atoms with Crippen molar-refractivity contribution < 1.29 is 24.0 Å². The molecule has 0 unspecified atom stereocenters. The predicted molar refractivity (Wildman–Crippen MR) is 117 cm³/mol.